The fourth-order valence-electron chi connectivity index (χ4n) is 2.47. The van der Waals surface area contributed by atoms with Crippen molar-refractivity contribution in [3.05, 3.63) is 41.5 Å². The van der Waals surface area contributed by atoms with Crippen LogP contribution in [0.5, 0.6) is 0 Å². The number of amides is 2. The van der Waals surface area contributed by atoms with Gasteiger partial charge in [0.2, 0.25) is 11.8 Å². The molecule has 0 atom stereocenters. The van der Waals surface area contributed by atoms with Crippen molar-refractivity contribution in [2.45, 2.75) is 19.3 Å². The number of carbonyl (C=O) groups excluding carboxylic acids is 2. The van der Waals surface area contributed by atoms with Gasteiger partial charge in [0.05, 0.1) is 0 Å². The maximum absolute atomic E-state index is 11.7. The van der Waals surface area contributed by atoms with Gasteiger partial charge in [-0.3, -0.25) is 9.59 Å². The Bertz CT molecular complexity index is 868. The smallest absolute Gasteiger partial charge is 0.220 e. The van der Waals surface area contributed by atoms with Crippen molar-refractivity contribution in [1.29, 1.82) is 0 Å². The van der Waals surface area contributed by atoms with E-state index < -0.39 is 5.91 Å². The predicted octanol–water partition coefficient (Wildman–Crippen LogP) is 2.22. The standard InChI is InChI=1S/C17H18N4O2S/c18-15(22)7-9-19-16(23)6-4-11-3-5-14(24-11)13-10-21-17-12(13)2-1-8-20-17/h1-3,5,8,10H,4,6-7,9H2,(H2,18,22)(H,19,23)(H,20,21). The van der Waals surface area contributed by atoms with Crippen LogP contribution in [0.2, 0.25) is 0 Å². The Morgan fingerprint density at radius 1 is 1.25 bits per heavy atom. The molecule has 0 aliphatic carbocycles. The average molecular weight is 342 g/mol. The summed E-state index contributed by atoms with van der Waals surface area (Å²) in [5, 5.41) is 3.79. The highest BCUT2D eigenvalue weighted by molar-refractivity contribution is 7.15. The summed E-state index contributed by atoms with van der Waals surface area (Å²) in [6, 6.07) is 8.08. The number of nitrogens with one attached hydrogen (secondary N) is 2. The van der Waals surface area contributed by atoms with E-state index in [0.29, 0.717) is 19.4 Å². The van der Waals surface area contributed by atoms with Crippen molar-refractivity contribution < 1.29 is 9.59 Å². The molecule has 0 spiro atoms. The Balaban J connectivity index is 1.60. The molecule has 4 N–H and O–H groups in total. The largest absolute Gasteiger partial charge is 0.370 e. The SMILES string of the molecule is NC(=O)CCNC(=O)CCc1ccc(-c2c[nH]c3ncccc23)s1. The van der Waals surface area contributed by atoms with Crippen LogP contribution in [0.3, 0.4) is 0 Å². The second kappa shape index (κ2) is 7.27. The van der Waals surface area contributed by atoms with Crippen LogP contribution in [-0.2, 0) is 16.0 Å². The van der Waals surface area contributed by atoms with E-state index in [4.69, 9.17) is 5.73 Å². The molecule has 0 bridgehead atoms. The van der Waals surface area contributed by atoms with Crippen molar-refractivity contribution in [1.82, 2.24) is 15.3 Å². The number of nitrogens with two attached hydrogens (primary N) is 1. The second-order valence-corrected chi connectivity index (χ2v) is 6.60. The number of primary amides is 1. The number of aromatic nitrogens is 2. The van der Waals surface area contributed by atoms with E-state index in [1.807, 2.05) is 24.4 Å². The molecule has 0 saturated carbocycles. The minimum Gasteiger partial charge on any atom is -0.370 e. The number of nitrogens with zero attached hydrogens (tertiary/aromatic N) is 1. The zero-order valence-electron chi connectivity index (χ0n) is 13.0. The van der Waals surface area contributed by atoms with Crippen LogP contribution in [0.4, 0.5) is 0 Å². The molecule has 3 rings (SSSR count). The third kappa shape index (κ3) is 3.80. The minimum absolute atomic E-state index is 0.0671. The molecule has 7 heteroatoms. The first-order valence-electron chi connectivity index (χ1n) is 7.69. The maximum atomic E-state index is 11.7. The van der Waals surface area contributed by atoms with E-state index >= 15 is 0 Å². The molecule has 0 aliphatic heterocycles. The van der Waals surface area contributed by atoms with Gasteiger partial charge in [0.1, 0.15) is 5.65 Å². The van der Waals surface area contributed by atoms with Gasteiger partial charge in [0.25, 0.3) is 0 Å². The summed E-state index contributed by atoms with van der Waals surface area (Å²) in [4.78, 5) is 32.1. The van der Waals surface area contributed by atoms with Crippen LogP contribution < -0.4 is 11.1 Å². The number of fused-ring (bicyclic) bond motifs is 1. The van der Waals surface area contributed by atoms with Crippen LogP contribution in [0.15, 0.2) is 36.7 Å². The van der Waals surface area contributed by atoms with Gasteiger partial charge in [-0.05, 0) is 30.7 Å². The number of hydrogen-bond donors (Lipinski definition) is 3. The molecular formula is C17H18N4O2S. The van der Waals surface area contributed by atoms with E-state index in [0.717, 1.165) is 26.4 Å². The Morgan fingerprint density at radius 2 is 2.12 bits per heavy atom. The molecule has 124 valence electrons. The van der Waals surface area contributed by atoms with Crippen LogP contribution in [-0.4, -0.2) is 28.3 Å². The summed E-state index contributed by atoms with van der Waals surface area (Å²) in [5.41, 5.74) is 7.03. The van der Waals surface area contributed by atoms with Crippen molar-refractivity contribution >= 4 is 34.2 Å². The monoisotopic (exact) mass is 342 g/mol. The van der Waals surface area contributed by atoms with Crippen molar-refractivity contribution in [3.8, 4) is 10.4 Å². The van der Waals surface area contributed by atoms with Gasteiger partial charge < -0.3 is 16.0 Å². The quantitative estimate of drug-likeness (QED) is 0.613. The summed E-state index contributed by atoms with van der Waals surface area (Å²) < 4.78 is 0. The van der Waals surface area contributed by atoms with E-state index in [9.17, 15) is 9.59 Å². The highest BCUT2D eigenvalue weighted by Gasteiger charge is 2.10. The normalized spacial score (nSPS) is 10.8. The minimum atomic E-state index is -0.411. The predicted molar refractivity (Wildman–Crippen MR) is 94.5 cm³/mol. The number of aromatic amines is 1. The van der Waals surface area contributed by atoms with Gasteiger partial charge in [0.15, 0.2) is 0 Å². The molecule has 3 heterocycles. The zero-order chi connectivity index (χ0) is 16.9. The zero-order valence-corrected chi connectivity index (χ0v) is 13.9. The molecular weight excluding hydrogens is 324 g/mol. The van der Waals surface area contributed by atoms with Gasteiger partial charge in [0, 0.05) is 52.5 Å². The maximum Gasteiger partial charge on any atom is 0.220 e. The van der Waals surface area contributed by atoms with Gasteiger partial charge >= 0.3 is 0 Å². The van der Waals surface area contributed by atoms with Crippen molar-refractivity contribution in [2.24, 2.45) is 5.73 Å². The Hall–Kier alpha value is -2.67. The molecule has 24 heavy (non-hydrogen) atoms. The molecule has 2 amide bonds. The molecule has 0 aliphatic rings. The number of aryl methyl sites for hydroxylation is 1. The van der Waals surface area contributed by atoms with Crippen LogP contribution in [0, 0.1) is 0 Å². The molecule has 3 aromatic rings. The molecule has 0 radical (unpaired) electrons. The first-order valence-corrected chi connectivity index (χ1v) is 8.51. The fourth-order valence-corrected chi connectivity index (χ4v) is 3.50. The fraction of sp³-hybridized carbons (Fsp3) is 0.235. The van der Waals surface area contributed by atoms with Gasteiger partial charge in [-0.25, -0.2) is 4.98 Å². The number of rotatable bonds is 7. The molecule has 6 nitrogen and oxygen atoms in total. The first kappa shape index (κ1) is 16.2. The number of H-pyrrole nitrogens is 1. The van der Waals surface area contributed by atoms with E-state index in [1.165, 1.54) is 0 Å². The lowest BCUT2D eigenvalue weighted by atomic mass is 10.2. The molecule has 0 aromatic carbocycles. The lowest BCUT2D eigenvalue weighted by molar-refractivity contribution is -0.121. The van der Waals surface area contributed by atoms with Crippen LogP contribution in [0.1, 0.15) is 17.7 Å². The Labute approximate surface area is 143 Å². The van der Waals surface area contributed by atoms with Gasteiger partial charge in [-0.2, -0.15) is 0 Å². The highest BCUT2D eigenvalue weighted by Crippen LogP contribution is 2.33. The lowest BCUT2D eigenvalue weighted by Gasteiger charge is -2.02. The van der Waals surface area contributed by atoms with Gasteiger partial charge in [-0.1, -0.05) is 0 Å². The molecule has 0 fully saturated rings. The lowest BCUT2D eigenvalue weighted by Crippen LogP contribution is -2.27. The average Bonchev–Trinajstić information content (AvgIpc) is 3.19. The van der Waals surface area contributed by atoms with Crippen molar-refractivity contribution in [3.63, 3.8) is 0 Å². The Morgan fingerprint density at radius 3 is 2.96 bits per heavy atom. The molecule has 0 saturated heterocycles. The van der Waals surface area contributed by atoms with E-state index in [1.54, 1.807) is 17.5 Å². The summed E-state index contributed by atoms with van der Waals surface area (Å²) >= 11 is 1.67. The number of pyridine rings is 1. The number of thiophene rings is 1. The molecule has 0 unspecified atom stereocenters. The summed E-state index contributed by atoms with van der Waals surface area (Å²) in [6.45, 7) is 0.298. The first-order chi connectivity index (χ1) is 11.6. The van der Waals surface area contributed by atoms with Crippen LogP contribution >= 0.6 is 11.3 Å². The third-order valence-corrected chi connectivity index (χ3v) is 4.85. The Kier molecular flexibility index (Phi) is 4.90. The topological polar surface area (TPSA) is 101 Å². The third-order valence-electron chi connectivity index (χ3n) is 3.67. The van der Waals surface area contributed by atoms with E-state index in [-0.39, 0.29) is 12.3 Å². The molecule has 3 aromatic heterocycles. The van der Waals surface area contributed by atoms with Crippen molar-refractivity contribution in [2.75, 3.05) is 6.54 Å². The number of hydrogen-bond acceptors (Lipinski definition) is 4. The van der Waals surface area contributed by atoms with E-state index in [2.05, 4.69) is 21.4 Å². The van der Waals surface area contributed by atoms with Gasteiger partial charge in [-0.15, -0.1) is 11.3 Å². The van der Waals surface area contributed by atoms with Crippen LogP contribution in [0.25, 0.3) is 21.5 Å². The second-order valence-electron chi connectivity index (χ2n) is 5.43. The highest BCUT2D eigenvalue weighted by atomic mass is 32.1. The summed E-state index contributed by atoms with van der Waals surface area (Å²) in [7, 11) is 0. The summed E-state index contributed by atoms with van der Waals surface area (Å²) in [5.74, 6) is -0.478. The number of carbonyl (C=O) groups is 2. The summed E-state index contributed by atoms with van der Waals surface area (Å²) in [6.07, 6.45) is 4.97.